The Kier molecular flexibility index (Phi) is 5.76. The number of aromatic nitrogens is 3. The second-order valence-corrected chi connectivity index (χ2v) is 7.27. The van der Waals surface area contributed by atoms with Crippen LogP contribution in [0, 0.1) is 12.7 Å². The van der Waals surface area contributed by atoms with Crippen LogP contribution in [0.2, 0.25) is 0 Å². The predicted octanol–water partition coefficient (Wildman–Crippen LogP) is 2.91. The Balaban J connectivity index is 1.44. The molecule has 2 aromatic heterocycles. The predicted molar refractivity (Wildman–Crippen MR) is 108 cm³/mol. The van der Waals surface area contributed by atoms with Crippen LogP contribution in [-0.4, -0.2) is 51.9 Å². The van der Waals surface area contributed by atoms with Gasteiger partial charge in [-0.2, -0.15) is 5.10 Å². The molecule has 3 aromatic rings. The number of hydrogen-bond donors (Lipinski definition) is 0. The average molecular weight is 410 g/mol. The van der Waals surface area contributed by atoms with Crippen LogP contribution in [0.1, 0.15) is 17.5 Å². The molecule has 0 saturated carbocycles. The van der Waals surface area contributed by atoms with Crippen LogP contribution in [0.4, 0.5) is 4.39 Å². The molecule has 0 bridgehead atoms. The standard InChI is InChI=1S/C22H23FN4O3/c1-15-9-16(17-11-24-26(2)12-17)10-20(25-15)21-13-27(7-8-29-21)22(28)14-30-19-5-3-18(23)4-6-19/h3-6,9-12,21H,7-8,13-14H2,1-2H3. The van der Waals surface area contributed by atoms with Gasteiger partial charge >= 0.3 is 0 Å². The van der Waals surface area contributed by atoms with Crippen molar-refractivity contribution in [3.05, 3.63) is 66.0 Å². The smallest absolute Gasteiger partial charge is 0.260 e. The minimum absolute atomic E-state index is 0.111. The van der Waals surface area contributed by atoms with Gasteiger partial charge in [0.1, 0.15) is 17.7 Å². The van der Waals surface area contributed by atoms with Crippen molar-refractivity contribution >= 4 is 5.91 Å². The van der Waals surface area contributed by atoms with Crippen molar-refractivity contribution in [3.63, 3.8) is 0 Å². The van der Waals surface area contributed by atoms with E-state index in [0.29, 0.717) is 25.4 Å². The topological polar surface area (TPSA) is 69.5 Å². The average Bonchev–Trinajstić information content (AvgIpc) is 3.19. The number of aryl methyl sites for hydroxylation is 2. The molecule has 1 fully saturated rings. The molecule has 7 nitrogen and oxygen atoms in total. The number of nitrogens with zero attached hydrogens (tertiary/aromatic N) is 4. The summed E-state index contributed by atoms with van der Waals surface area (Å²) in [5.74, 6) is -0.0372. The maximum atomic E-state index is 13.0. The van der Waals surface area contributed by atoms with E-state index in [1.165, 1.54) is 24.3 Å². The van der Waals surface area contributed by atoms with E-state index in [9.17, 15) is 9.18 Å². The zero-order chi connectivity index (χ0) is 21.1. The van der Waals surface area contributed by atoms with Gasteiger partial charge in [-0.25, -0.2) is 4.39 Å². The van der Waals surface area contributed by atoms with Crippen LogP contribution in [0.5, 0.6) is 5.75 Å². The highest BCUT2D eigenvalue weighted by atomic mass is 19.1. The summed E-state index contributed by atoms with van der Waals surface area (Å²) in [7, 11) is 1.88. The summed E-state index contributed by atoms with van der Waals surface area (Å²) in [5.41, 5.74) is 3.67. The van der Waals surface area contributed by atoms with Gasteiger partial charge in [0.25, 0.3) is 5.91 Å². The number of benzene rings is 1. The number of pyridine rings is 1. The fourth-order valence-corrected chi connectivity index (χ4v) is 3.42. The molecule has 1 aliphatic rings. The number of halogens is 1. The van der Waals surface area contributed by atoms with Gasteiger partial charge < -0.3 is 14.4 Å². The highest BCUT2D eigenvalue weighted by Crippen LogP contribution is 2.27. The summed E-state index contributed by atoms with van der Waals surface area (Å²) < 4.78 is 26.1. The summed E-state index contributed by atoms with van der Waals surface area (Å²) in [5, 5.41) is 4.23. The van der Waals surface area contributed by atoms with Gasteiger partial charge in [-0.3, -0.25) is 14.5 Å². The molecule has 1 atom stereocenters. The summed E-state index contributed by atoms with van der Waals surface area (Å²) in [6.07, 6.45) is 3.44. The van der Waals surface area contributed by atoms with Gasteiger partial charge in [0.15, 0.2) is 6.61 Å². The van der Waals surface area contributed by atoms with Gasteiger partial charge in [-0.05, 0) is 48.9 Å². The molecule has 0 radical (unpaired) electrons. The fraction of sp³-hybridized carbons (Fsp3) is 0.318. The van der Waals surface area contributed by atoms with E-state index in [0.717, 1.165) is 22.5 Å². The number of amides is 1. The quantitative estimate of drug-likeness (QED) is 0.647. The van der Waals surface area contributed by atoms with Gasteiger partial charge in [-0.15, -0.1) is 0 Å². The number of hydrogen-bond acceptors (Lipinski definition) is 5. The van der Waals surface area contributed by atoms with Gasteiger partial charge in [0.2, 0.25) is 0 Å². The van der Waals surface area contributed by atoms with Crippen molar-refractivity contribution in [3.8, 4) is 16.9 Å². The largest absolute Gasteiger partial charge is 0.484 e. The number of rotatable bonds is 5. The first-order valence-corrected chi connectivity index (χ1v) is 9.73. The minimum Gasteiger partial charge on any atom is -0.484 e. The van der Waals surface area contributed by atoms with E-state index in [-0.39, 0.29) is 24.4 Å². The van der Waals surface area contributed by atoms with Crippen LogP contribution in [0.3, 0.4) is 0 Å². The number of carbonyl (C=O) groups excluding carboxylic acids is 1. The van der Waals surface area contributed by atoms with Gasteiger partial charge in [0, 0.05) is 31.0 Å². The summed E-state index contributed by atoms with van der Waals surface area (Å²) >= 11 is 0. The van der Waals surface area contributed by atoms with E-state index in [2.05, 4.69) is 10.1 Å². The molecular weight excluding hydrogens is 387 g/mol. The first-order chi connectivity index (χ1) is 14.5. The van der Waals surface area contributed by atoms with Crippen LogP contribution in [0.25, 0.3) is 11.1 Å². The lowest BCUT2D eigenvalue weighted by Crippen LogP contribution is -2.44. The van der Waals surface area contributed by atoms with Crippen LogP contribution in [-0.2, 0) is 16.6 Å². The molecule has 8 heteroatoms. The lowest BCUT2D eigenvalue weighted by molar-refractivity contribution is -0.141. The molecule has 4 rings (SSSR count). The molecule has 1 aromatic carbocycles. The molecule has 3 heterocycles. The highest BCUT2D eigenvalue weighted by Gasteiger charge is 2.27. The van der Waals surface area contributed by atoms with E-state index in [1.807, 2.05) is 38.5 Å². The van der Waals surface area contributed by atoms with Crippen molar-refractivity contribution in [1.82, 2.24) is 19.7 Å². The van der Waals surface area contributed by atoms with E-state index < -0.39 is 0 Å². The van der Waals surface area contributed by atoms with Crippen LogP contribution < -0.4 is 4.74 Å². The Morgan fingerprint density at radius 2 is 2.07 bits per heavy atom. The van der Waals surface area contributed by atoms with Crippen molar-refractivity contribution in [2.24, 2.45) is 7.05 Å². The third-order valence-electron chi connectivity index (χ3n) is 4.94. The monoisotopic (exact) mass is 410 g/mol. The van der Waals surface area contributed by atoms with Crippen molar-refractivity contribution in [2.75, 3.05) is 26.3 Å². The zero-order valence-corrected chi connectivity index (χ0v) is 16.9. The molecule has 0 spiro atoms. The van der Waals surface area contributed by atoms with Crippen LogP contribution >= 0.6 is 0 Å². The molecule has 156 valence electrons. The first-order valence-electron chi connectivity index (χ1n) is 9.73. The molecular formula is C22H23FN4O3. The third-order valence-corrected chi connectivity index (χ3v) is 4.94. The number of ether oxygens (including phenoxy) is 2. The lowest BCUT2D eigenvalue weighted by atomic mass is 10.1. The Morgan fingerprint density at radius 1 is 1.27 bits per heavy atom. The fourth-order valence-electron chi connectivity index (χ4n) is 3.42. The van der Waals surface area contributed by atoms with Gasteiger partial charge in [0.05, 0.1) is 25.0 Å². The number of carbonyl (C=O) groups is 1. The molecule has 1 aliphatic heterocycles. The minimum atomic E-state index is -0.346. The Hall–Kier alpha value is -3.26. The summed E-state index contributed by atoms with van der Waals surface area (Å²) in [6, 6.07) is 9.59. The molecule has 30 heavy (non-hydrogen) atoms. The normalized spacial score (nSPS) is 16.5. The Bertz CT molecular complexity index is 1040. The molecule has 0 aliphatic carbocycles. The first kappa shape index (κ1) is 20.0. The maximum absolute atomic E-state index is 13.0. The van der Waals surface area contributed by atoms with E-state index in [4.69, 9.17) is 9.47 Å². The van der Waals surface area contributed by atoms with Crippen molar-refractivity contribution in [2.45, 2.75) is 13.0 Å². The Morgan fingerprint density at radius 3 is 2.80 bits per heavy atom. The highest BCUT2D eigenvalue weighted by molar-refractivity contribution is 5.78. The van der Waals surface area contributed by atoms with Crippen LogP contribution in [0.15, 0.2) is 48.8 Å². The molecule has 1 amide bonds. The Labute approximate surface area is 174 Å². The SMILES string of the molecule is Cc1cc(-c2cnn(C)c2)cc(C2CN(C(=O)COc3ccc(F)cc3)CCO2)n1. The van der Waals surface area contributed by atoms with Crippen molar-refractivity contribution < 1.29 is 18.7 Å². The van der Waals surface area contributed by atoms with E-state index >= 15 is 0 Å². The molecule has 1 saturated heterocycles. The van der Waals surface area contributed by atoms with Gasteiger partial charge in [-0.1, -0.05) is 0 Å². The lowest BCUT2D eigenvalue weighted by Gasteiger charge is -2.33. The van der Waals surface area contributed by atoms with Crippen molar-refractivity contribution in [1.29, 1.82) is 0 Å². The maximum Gasteiger partial charge on any atom is 0.260 e. The zero-order valence-electron chi connectivity index (χ0n) is 16.9. The van der Waals surface area contributed by atoms with E-state index in [1.54, 1.807) is 9.58 Å². The summed E-state index contributed by atoms with van der Waals surface area (Å²) in [4.78, 5) is 19.0. The summed E-state index contributed by atoms with van der Waals surface area (Å²) in [6.45, 7) is 3.13. The second kappa shape index (κ2) is 8.62. The second-order valence-electron chi connectivity index (χ2n) is 7.27. The molecule has 1 unspecified atom stereocenters. The molecule has 0 N–H and O–H groups in total. The number of morpholine rings is 1. The third kappa shape index (κ3) is 4.65.